The van der Waals surface area contributed by atoms with Crippen LogP contribution < -0.4 is 5.32 Å². The van der Waals surface area contributed by atoms with Gasteiger partial charge in [0.2, 0.25) is 0 Å². The van der Waals surface area contributed by atoms with Gasteiger partial charge in [-0.1, -0.05) is 41.4 Å². The molecule has 0 atom stereocenters. The van der Waals surface area contributed by atoms with Gasteiger partial charge in [-0.25, -0.2) is 4.98 Å². The predicted molar refractivity (Wildman–Crippen MR) is 107 cm³/mol. The number of thiazole rings is 1. The van der Waals surface area contributed by atoms with Gasteiger partial charge in [0.1, 0.15) is 5.01 Å². The van der Waals surface area contributed by atoms with Crippen molar-refractivity contribution in [3.63, 3.8) is 0 Å². The van der Waals surface area contributed by atoms with E-state index in [1.165, 1.54) is 11.3 Å². The fourth-order valence-corrected chi connectivity index (χ4v) is 4.76. The Morgan fingerprint density at radius 1 is 0.920 bits per heavy atom. The number of halogens is 2. The quantitative estimate of drug-likeness (QED) is 0.418. The fraction of sp³-hybridized carbons (Fsp3) is 0. The van der Waals surface area contributed by atoms with Crippen LogP contribution in [-0.2, 0) is 0 Å². The molecule has 0 fully saturated rings. The SMILES string of the molecule is O=C(Nc1c(Cl)cccc1Cl)c1ccc(-c2nc3ccccc3s2)s1. The van der Waals surface area contributed by atoms with Crippen molar-refractivity contribution in [1.29, 1.82) is 0 Å². The number of aromatic nitrogens is 1. The number of rotatable bonds is 3. The van der Waals surface area contributed by atoms with Crippen LogP contribution in [0.25, 0.3) is 20.1 Å². The van der Waals surface area contributed by atoms with Gasteiger partial charge in [-0.3, -0.25) is 4.79 Å². The van der Waals surface area contributed by atoms with Crippen molar-refractivity contribution in [3.05, 3.63) is 69.5 Å². The molecule has 0 unspecified atom stereocenters. The van der Waals surface area contributed by atoms with E-state index in [1.54, 1.807) is 35.6 Å². The standard InChI is InChI=1S/C18H10Cl2N2OS2/c19-10-4-3-5-11(20)16(10)22-17(23)14-8-9-15(24-14)18-21-12-6-1-2-7-13(12)25-18/h1-9H,(H,22,23). The summed E-state index contributed by atoms with van der Waals surface area (Å²) >= 11 is 15.2. The highest BCUT2D eigenvalue weighted by molar-refractivity contribution is 7.26. The van der Waals surface area contributed by atoms with Crippen LogP contribution in [0.1, 0.15) is 9.67 Å². The third kappa shape index (κ3) is 3.28. The molecule has 2 heterocycles. The minimum Gasteiger partial charge on any atom is -0.319 e. The summed E-state index contributed by atoms with van der Waals surface area (Å²) in [6.07, 6.45) is 0. The monoisotopic (exact) mass is 404 g/mol. The van der Waals surface area contributed by atoms with Crippen molar-refractivity contribution in [2.24, 2.45) is 0 Å². The molecule has 25 heavy (non-hydrogen) atoms. The molecule has 2 aromatic heterocycles. The van der Waals surface area contributed by atoms with Gasteiger partial charge in [0, 0.05) is 0 Å². The van der Waals surface area contributed by atoms with Crippen molar-refractivity contribution in [3.8, 4) is 9.88 Å². The Kier molecular flexibility index (Phi) is 4.48. The zero-order chi connectivity index (χ0) is 17.4. The molecule has 124 valence electrons. The van der Waals surface area contributed by atoms with E-state index >= 15 is 0 Å². The molecule has 4 aromatic rings. The van der Waals surface area contributed by atoms with Gasteiger partial charge in [0.15, 0.2) is 0 Å². The van der Waals surface area contributed by atoms with Crippen LogP contribution in [0.4, 0.5) is 5.69 Å². The molecule has 2 aromatic carbocycles. The molecule has 0 radical (unpaired) electrons. The van der Waals surface area contributed by atoms with Crippen molar-refractivity contribution in [2.45, 2.75) is 0 Å². The third-order valence-corrected chi connectivity index (χ3v) is 6.46. The Morgan fingerprint density at radius 3 is 2.44 bits per heavy atom. The number of para-hydroxylation sites is 2. The lowest BCUT2D eigenvalue weighted by atomic mass is 10.3. The number of carbonyl (C=O) groups excluding carboxylic acids is 1. The summed E-state index contributed by atoms with van der Waals surface area (Å²) in [5.41, 5.74) is 1.38. The van der Waals surface area contributed by atoms with Crippen molar-refractivity contribution in [1.82, 2.24) is 4.98 Å². The second kappa shape index (κ2) is 6.77. The molecule has 0 saturated carbocycles. The number of thiophene rings is 1. The largest absolute Gasteiger partial charge is 0.319 e. The number of carbonyl (C=O) groups is 1. The molecule has 0 aliphatic heterocycles. The zero-order valence-electron chi connectivity index (χ0n) is 12.6. The smallest absolute Gasteiger partial charge is 0.265 e. The molecule has 7 heteroatoms. The van der Waals surface area contributed by atoms with E-state index in [4.69, 9.17) is 23.2 Å². The van der Waals surface area contributed by atoms with E-state index in [1.807, 2.05) is 30.3 Å². The first-order valence-electron chi connectivity index (χ1n) is 7.33. The number of amides is 1. The third-order valence-electron chi connectivity index (χ3n) is 3.54. The van der Waals surface area contributed by atoms with Gasteiger partial charge in [-0.05, 0) is 36.4 Å². The molecule has 0 aliphatic carbocycles. The first-order valence-corrected chi connectivity index (χ1v) is 9.72. The first-order chi connectivity index (χ1) is 12.1. The van der Waals surface area contributed by atoms with Gasteiger partial charge in [-0.15, -0.1) is 22.7 Å². The van der Waals surface area contributed by atoms with Gasteiger partial charge in [0.05, 0.1) is 35.7 Å². The van der Waals surface area contributed by atoms with E-state index in [0.717, 1.165) is 20.1 Å². The second-order valence-electron chi connectivity index (χ2n) is 5.20. The van der Waals surface area contributed by atoms with Crippen LogP contribution in [0.3, 0.4) is 0 Å². The average Bonchev–Trinajstić information content (AvgIpc) is 3.24. The Morgan fingerprint density at radius 2 is 1.68 bits per heavy atom. The molecular weight excluding hydrogens is 395 g/mol. The average molecular weight is 405 g/mol. The van der Waals surface area contributed by atoms with E-state index < -0.39 is 0 Å². The maximum Gasteiger partial charge on any atom is 0.265 e. The van der Waals surface area contributed by atoms with Gasteiger partial charge < -0.3 is 5.32 Å². The normalized spacial score (nSPS) is 11.0. The lowest BCUT2D eigenvalue weighted by Gasteiger charge is -2.07. The summed E-state index contributed by atoms with van der Waals surface area (Å²) in [7, 11) is 0. The van der Waals surface area contributed by atoms with Crippen LogP contribution in [0, 0.1) is 0 Å². The van der Waals surface area contributed by atoms with Crippen LogP contribution in [0.2, 0.25) is 10.0 Å². The number of nitrogens with zero attached hydrogens (tertiary/aromatic N) is 1. The first kappa shape index (κ1) is 16.5. The predicted octanol–water partition coefficient (Wildman–Crippen LogP) is 6.58. The Hall–Kier alpha value is -1.92. The lowest BCUT2D eigenvalue weighted by Crippen LogP contribution is -2.10. The summed E-state index contributed by atoms with van der Waals surface area (Å²) in [6, 6.07) is 16.8. The molecule has 0 saturated heterocycles. The van der Waals surface area contributed by atoms with Crippen LogP contribution in [-0.4, -0.2) is 10.9 Å². The summed E-state index contributed by atoms with van der Waals surface area (Å²) < 4.78 is 1.12. The summed E-state index contributed by atoms with van der Waals surface area (Å²) in [4.78, 5) is 18.7. The van der Waals surface area contributed by atoms with E-state index in [9.17, 15) is 4.79 Å². The van der Waals surface area contributed by atoms with Crippen molar-refractivity contribution < 1.29 is 4.79 Å². The molecule has 0 spiro atoms. The Bertz CT molecular complexity index is 1030. The number of hydrogen-bond acceptors (Lipinski definition) is 4. The van der Waals surface area contributed by atoms with Crippen LogP contribution in [0.5, 0.6) is 0 Å². The molecule has 0 bridgehead atoms. The molecule has 1 amide bonds. The molecule has 0 aliphatic rings. The van der Waals surface area contributed by atoms with E-state index in [2.05, 4.69) is 10.3 Å². The maximum absolute atomic E-state index is 12.5. The highest BCUT2D eigenvalue weighted by Crippen LogP contribution is 2.35. The number of hydrogen-bond donors (Lipinski definition) is 1. The number of fused-ring (bicyclic) bond motifs is 1. The highest BCUT2D eigenvalue weighted by Gasteiger charge is 2.15. The van der Waals surface area contributed by atoms with Gasteiger partial charge >= 0.3 is 0 Å². The van der Waals surface area contributed by atoms with Crippen LogP contribution in [0.15, 0.2) is 54.6 Å². The van der Waals surface area contributed by atoms with Crippen molar-refractivity contribution in [2.75, 3.05) is 5.32 Å². The fourth-order valence-electron chi connectivity index (χ4n) is 2.34. The molecule has 1 N–H and O–H groups in total. The van der Waals surface area contributed by atoms with Gasteiger partial charge in [-0.2, -0.15) is 0 Å². The van der Waals surface area contributed by atoms with E-state index in [0.29, 0.717) is 20.6 Å². The number of anilines is 1. The Labute approximate surface area is 161 Å². The van der Waals surface area contributed by atoms with Crippen LogP contribution >= 0.6 is 45.9 Å². The van der Waals surface area contributed by atoms with Crippen molar-refractivity contribution >= 4 is 67.7 Å². The Balaban J connectivity index is 1.61. The molecule has 3 nitrogen and oxygen atoms in total. The van der Waals surface area contributed by atoms with E-state index in [-0.39, 0.29) is 5.91 Å². The molecular formula is C18H10Cl2N2OS2. The lowest BCUT2D eigenvalue weighted by molar-refractivity contribution is 0.103. The summed E-state index contributed by atoms with van der Waals surface area (Å²) in [5, 5.41) is 4.49. The zero-order valence-corrected chi connectivity index (χ0v) is 15.8. The second-order valence-corrected chi connectivity index (χ2v) is 8.13. The number of nitrogens with one attached hydrogen (secondary N) is 1. The summed E-state index contributed by atoms with van der Waals surface area (Å²) in [5.74, 6) is -0.243. The maximum atomic E-state index is 12.5. The topological polar surface area (TPSA) is 42.0 Å². The number of benzene rings is 2. The molecule has 4 rings (SSSR count). The minimum atomic E-state index is -0.243. The highest BCUT2D eigenvalue weighted by atomic mass is 35.5. The van der Waals surface area contributed by atoms with Gasteiger partial charge in [0.25, 0.3) is 5.91 Å². The minimum absolute atomic E-state index is 0.243. The summed E-state index contributed by atoms with van der Waals surface area (Å²) in [6.45, 7) is 0.